The Morgan fingerprint density at radius 1 is 0.897 bits per heavy atom. The topological polar surface area (TPSA) is 59.1 Å². The number of carbonyl (C=O) groups is 2. The first-order valence-electron chi connectivity index (χ1n) is 10.0. The van der Waals surface area contributed by atoms with E-state index in [1.165, 1.54) is 5.56 Å². The zero-order valence-corrected chi connectivity index (χ0v) is 16.7. The number of aryl methyl sites for hydroxylation is 1. The van der Waals surface area contributed by atoms with E-state index >= 15 is 0 Å². The van der Waals surface area contributed by atoms with Crippen molar-refractivity contribution in [3.8, 4) is 0 Å². The number of hydrogen-bond donors (Lipinski definition) is 1. The molecule has 148 valence electrons. The average molecular weight is 386 g/mol. The number of amides is 1. The molecule has 0 bridgehead atoms. The summed E-state index contributed by atoms with van der Waals surface area (Å²) in [5.41, 5.74) is 3.60. The minimum Gasteiger partial charge on any atom is -0.344 e. The summed E-state index contributed by atoms with van der Waals surface area (Å²) in [4.78, 5) is 29.4. The fourth-order valence-electron chi connectivity index (χ4n) is 3.27. The number of ketones is 1. The van der Waals surface area contributed by atoms with Crippen molar-refractivity contribution >= 4 is 11.7 Å². The molecule has 4 nitrogen and oxygen atoms in total. The highest BCUT2D eigenvalue weighted by atomic mass is 16.2. The largest absolute Gasteiger partial charge is 0.344 e. The Kier molecular flexibility index (Phi) is 7.28. The molecule has 0 spiro atoms. The lowest BCUT2D eigenvalue weighted by Crippen LogP contribution is -2.30. The van der Waals surface area contributed by atoms with Gasteiger partial charge in [-0.15, -0.1) is 0 Å². The third kappa shape index (κ3) is 5.85. The van der Waals surface area contributed by atoms with Crippen molar-refractivity contribution < 1.29 is 9.59 Å². The van der Waals surface area contributed by atoms with Crippen molar-refractivity contribution in [3.05, 3.63) is 101 Å². The number of nitrogens with zero attached hydrogens (tertiary/aromatic N) is 1. The molecule has 4 heteroatoms. The summed E-state index contributed by atoms with van der Waals surface area (Å²) in [7, 11) is 0. The lowest BCUT2D eigenvalue weighted by molar-refractivity contribution is -0.121. The Morgan fingerprint density at radius 2 is 1.62 bits per heavy atom. The molecule has 29 heavy (non-hydrogen) atoms. The Balaban J connectivity index is 1.62. The molecule has 0 aliphatic carbocycles. The van der Waals surface area contributed by atoms with Crippen LogP contribution in [0.5, 0.6) is 0 Å². The molecule has 2 aromatic carbocycles. The quantitative estimate of drug-likeness (QED) is 0.532. The van der Waals surface area contributed by atoms with Crippen LogP contribution in [-0.4, -0.2) is 16.7 Å². The zero-order valence-electron chi connectivity index (χ0n) is 16.7. The van der Waals surface area contributed by atoms with Gasteiger partial charge in [-0.2, -0.15) is 0 Å². The number of aromatic nitrogens is 1. The molecule has 0 aliphatic rings. The summed E-state index contributed by atoms with van der Waals surface area (Å²) >= 11 is 0. The molecule has 1 aromatic heterocycles. The van der Waals surface area contributed by atoms with Crippen LogP contribution in [-0.2, 0) is 11.2 Å². The van der Waals surface area contributed by atoms with Crippen LogP contribution in [0.3, 0.4) is 0 Å². The van der Waals surface area contributed by atoms with Crippen LogP contribution >= 0.6 is 0 Å². The Morgan fingerprint density at radius 3 is 2.28 bits per heavy atom. The maximum absolute atomic E-state index is 12.6. The second kappa shape index (κ2) is 10.3. The Labute approximate surface area is 172 Å². The third-order valence-corrected chi connectivity index (χ3v) is 4.82. The molecule has 1 unspecified atom stereocenters. The summed E-state index contributed by atoms with van der Waals surface area (Å²) in [6, 6.07) is 22.7. The first-order chi connectivity index (χ1) is 14.2. The first-order valence-corrected chi connectivity index (χ1v) is 10.0. The van der Waals surface area contributed by atoms with Gasteiger partial charge in [-0.1, -0.05) is 74.0 Å². The highest BCUT2D eigenvalue weighted by molar-refractivity contribution is 5.98. The smallest absolute Gasteiger partial charge is 0.221 e. The van der Waals surface area contributed by atoms with E-state index in [2.05, 4.69) is 17.2 Å². The maximum atomic E-state index is 12.6. The molecule has 0 saturated heterocycles. The third-order valence-electron chi connectivity index (χ3n) is 4.82. The van der Waals surface area contributed by atoms with Crippen molar-refractivity contribution in [1.29, 1.82) is 0 Å². The SMILES string of the molecule is CCCc1ccc(C(=O)CCC(=O)NC(c2ccccc2)c2ccccn2)cc1. The molecule has 0 radical (unpaired) electrons. The van der Waals surface area contributed by atoms with Gasteiger partial charge in [0.15, 0.2) is 5.78 Å². The van der Waals surface area contributed by atoms with Crippen molar-refractivity contribution in [2.75, 3.05) is 0 Å². The monoisotopic (exact) mass is 386 g/mol. The van der Waals surface area contributed by atoms with Gasteiger partial charge in [0.25, 0.3) is 0 Å². The van der Waals surface area contributed by atoms with Crippen LogP contribution in [0.2, 0.25) is 0 Å². The van der Waals surface area contributed by atoms with Crippen LogP contribution in [0, 0.1) is 0 Å². The van der Waals surface area contributed by atoms with Gasteiger partial charge in [-0.05, 0) is 29.7 Å². The standard InChI is InChI=1S/C25H26N2O2/c1-2-8-19-12-14-20(15-13-19)23(28)16-17-24(29)27-25(21-9-4-3-5-10-21)22-11-6-7-18-26-22/h3-7,9-15,18,25H,2,8,16-17H2,1H3,(H,27,29). The van der Waals surface area contributed by atoms with E-state index in [1.54, 1.807) is 6.20 Å². The summed E-state index contributed by atoms with van der Waals surface area (Å²) in [6.45, 7) is 2.13. The van der Waals surface area contributed by atoms with Gasteiger partial charge < -0.3 is 5.32 Å². The number of nitrogens with one attached hydrogen (secondary N) is 1. The second-order valence-corrected chi connectivity index (χ2v) is 7.04. The molecular weight excluding hydrogens is 360 g/mol. The van der Waals surface area contributed by atoms with E-state index in [-0.39, 0.29) is 30.6 Å². The predicted molar refractivity (Wildman–Crippen MR) is 115 cm³/mol. The first kappa shape index (κ1) is 20.5. The van der Waals surface area contributed by atoms with Gasteiger partial charge in [0.05, 0.1) is 11.7 Å². The van der Waals surface area contributed by atoms with Gasteiger partial charge in [0.2, 0.25) is 5.91 Å². The molecule has 1 N–H and O–H groups in total. The van der Waals surface area contributed by atoms with Gasteiger partial charge >= 0.3 is 0 Å². The molecule has 0 saturated carbocycles. The Bertz CT molecular complexity index is 883. The van der Waals surface area contributed by atoms with Gasteiger partial charge in [0.1, 0.15) is 0 Å². The lowest BCUT2D eigenvalue weighted by Gasteiger charge is -2.19. The van der Waals surface area contributed by atoms with E-state index < -0.39 is 0 Å². The fraction of sp³-hybridized carbons (Fsp3) is 0.240. The fourth-order valence-corrected chi connectivity index (χ4v) is 3.27. The lowest BCUT2D eigenvalue weighted by atomic mass is 10.0. The summed E-state index contributed by atoms with van der Waals surface area (Å²) in [5, 5.41) is 3.03. The second-order valence-electron chi connectivity index (χ2n) is 7.04. The number of Topliss-reactive ketones (excluding diaryl/α,β-unsaturated/α-hetero) is 1. The molecule has 1 atom stereocenters. The van der Waals surface area contributed by atoms with Crippen LogP contribution < -0.4 is 5.32 Å². The van der Waals surface area contributed by atoms with Crippen LogP contribution in [0.4, 0.5) is 0 Å². The average Bonchev–Trinajstić information content (AvgIpc) is 2.78. The molecule has 1 heterocycles. The normalized spacial score (nSPS) is 11.6. The van der Waals surface area contributed by atoms with Crippen molar-refractivity contribution in [2.45, 2.75) is 38.6 Å². The van der Waals surface area contributed by atoms with Crippen LogP contribution in [0.25, 0.3) is 0 Å². The highest BCUT2D eigenvalue weighted by Gasteiger charge is 2.18. The van der Waals surface area contributed by atoms with E-state index in [4.69, 9.17) is 0 Å². The molecule has 1 amide bonds. The molecule has 0 fully saturated rings. The van der Waals surface area contributed by atoms with Crippen molar-refractivity contribution in [2.24, 2.45) is 0 Å². The number of pyridine rings is 1. The van der Waals surface area contributed by atoms with Crippen LogP contribution in [0.15, 0.2) is 79.0 Å². The number of benzene rings is 2. The maximum Gasteiger partial charge on any atom is 0.221 e. The molecule has 0 aliphatic heterocycles. The van der Waals surface area contributed by atoms with Gasteiger partial charge in [0, 0.05) is 24.6 Å². The highest BCUT2D eigenvalue weighted by Crippen LogP contribution is 2.20. The van der Waals surface area contributed by atoms with E-state index in [1.807, 2.05) is 72.8 Å². The van der Waals surface area contributed by atoms with Crippen molar-refractivity contribution in [3.63, 3.8) is 0 Å². The molecule has 3 rings (SSSR count). The predicted octanol–water partition coefficient (Wildman–Crippen LogP) is 4.90. The number of rotatable bonds is 9. The molecule has 3 aromatic rings. The number of hydrogen-bond acceptors (Lipinski definition) is 3. The number of carbonyl (C=O) groups excluding carboxylic acids is 2. The minimum atomic E-state index is -0.340. The summed E-state index contributed by atoms with van der Waals surface area (Å²) in [5.74, 6) is -0.183. The summed E-state index contributed by atoms with van der Waals surface area (Å²) < 4.78 is 0. The van der Waals surface area contributed by atoms with Gasteiger partial charge in [-0.25, -0.2) is 0 Å². The van der Waals surface area contributed by atoms with Crippen molar-refractivity contribution in [1.82, 2.24) is 10.3 Å². The zero-order chi connectivity index (χ0) is 20.5. The summed E-state index contributed by atoms with van der Waals surface area (Å²) in [6.07, 6.45) is 4.12. The van der Waals surface area contributed by atoms with E-state index in [0.717, 1.165) is 24.1 Å². The Hall–Kier alpha value is -3.27. The van der Waals surface area contributed by atoms with E-state index in [9.17, 15) is 9.59 Å². The van der Waals surface area contributed by atoms with E-state index in [0.29, 0.717) is 5.56 Å². The minimum absolute atomic E-state index is 0.0164. The van der Waals surface area contributed by atoms with Gasteiger partial charge in [-0.3, -0.25) is 14.6 Å². The molecular formula is C25H26N2O2. The van der Waals surface area contributed by atoms with Crippen LogP contribution in [0.1, 0.15) is 59.4 Å².